The molecule has 19 heavy (non-hydrogen) atoms. The summed E-state index contributed by atoms with van der Waals surface area (Å²) in [5, 5.41) is 12.1. The van der Waals surface area contributed by atoms with Crippen LogP contribution in [0.15, 0.2) is 22.6 Å². The van der Waals surface area contributed by atoms with E-state index < -0.39 is 5.97 Å². The van der Waals surface area contributed by atoms with Crippen LogP contribution in [0.5, 0.6) is 0 Å². The van der Waals surface area contributed by atoms with Crippen molar-refractivity contribution in [3.63, 3.8) is 0 Å². The number of carbonyl (C=O) groups is 1. The molecule has 0 saturated heterocycles. The Kier molecular flexibility index (Phi) is 2.87. The summed E-state index contributed by atoms with van der Waals surface area (Å²) in [6.07, 6.45) is 2.16. The molecule has 1 aliphatic rings. The Labute approximate surface area is 109 Å². The Morgan fingerprint density at radius 1 is 1.53 bits per heavy atom. The van der Waals surface area contributed by atoms with Crippen molar-refractivity contribution in [1.82, 2.24) is 4.98 Å². The summed E-state index contributed by atoms with van der Waals surface area (Å²) in [4.78, 5) is 15.1. The van der Waals surface area contributed by atoms with Gasteiger partial charge in [0, 0.05) is 13.2 Å². The highest BCUT2D eigenvalue weighted by atomic mass is 16.5. The molecule has 0 radical (unpaired) electrons. The molecule has 2 aromatic rings. The number of hydrogen-bond acceptors (Lipinski definition) is 5. The summed E-state index contributed by atoms with van der Waals surface area (Å²) < 4.78 is 10.7. The molecule has 1 aromatic heterocycles. The second kappa shape index (κ2) is 4.55. The van der Waals surface area contributed by atoms with Crippen LogP contribution in [0.1, 0.15) is 23.2 Å². The maximum atomic E-state index is 10.9. The molecule has 0 amide bonds. The van der Waals surface area contributed by atoms with E-state index in [0.29, 0.717) is 29.3 Å². The van der Waals surface area contributed by atoms with Crippen molar-refractivity contribution in [3.8, 4) is 0 Å². The maximum Gasteiger partial charge on any atom is 0.335 e. The fraction of sp³-hybridized carbons (Fsp3) is 0.385. The van der Waals surface area contributed by atoms with Crippen molar-refractivity contribution in [3.05, 3.63) is 23.8 Å². The number of oxazole rings is 1. The third-order valence-electron chi connectivity index (χ3n) is 3.39. The van der Waals surface area contributed by atoms with E-state index in [1.165, 1.54) is 12.1 Å². The molecular weight excluding hydrogens is 248 g/mol. The second-order valence-corrected chi connectivity index (χ2v) is 4.68. The highest BCUT2D eigenvalue weighted by Gasteiger charge is 2.29. The van der Waals surface area contributed by atoms with Crippen molar-refractivity contribution in [2.24, 2.45) is 0 Å². The Balaban J connectivity index is 1.76. The predicted molar refractivity (Wildman–Crippen MR) is 68.4 cm³/mol. The van der Waals surface area contributed by atoms with Crippen molar-refractivity contribution in [1.29, 1.82) is 0 Å². The number of methoxy groups -OCH3 is 1. The van der Waals surface area contributed by atoms with E-state index >= 15 is 0 Å². The number of ether oxygens (including phenoxy) is 1. The van der Waals surface area contributed by atoms with Crippen molar-refractivity contribution < 1.29 is 19.1 Å². The highest BCUT2D eigenvalue weighted by molar-refractivity contribution is 5.92. The molecule has 6 nitrogen and oxygen atoms in total. The van der Waals surface area contributed by atoms with Gasteiger partial charge in [-0.2, -0.15) is 4.98 Å². The van der Waals surface area contributed by atoms with Crippen LogP contribution in [0, 0.1) is 0 Å². The van der Waals surface area contributed by atoms with E-state index in [9.17, 15) is 4.79 Å². The minimum atomic E-state index is -0.977. The zero-order valence-corrected chi connectivity index (χ0v) is 10.4. The zero-order valence-electron chi connectivity index (χ0n) is 10.4. The Hall–Kier alpha value is -2.08. The molecule has 0 spiro atoms. The van der Waals surface area contributed by atoms with Crippen molar-refractivity contribution >= 4 is 23.1 Å². The number of aromatic carboxylic acids is 1. The number of fused-ring (bicyclic) bond motifs is 1. The number of anilines is 1. The fourth-order valence-corrected chi connectivity index (χ4v) is 2.17. The summed E-state index contributed by atoms with van der Waals surface area (Å²) in [6, 6.07) is 5.37. The van der Waals surface area contributed by atoms with Crippen LogP contribution in [0.2, 0.25) is 0 Å². The Morgan fingerprint density at radius 3 is 3.00 bits per heavy atom. The van der Waals surface area contributed by atoms with Gasteiger partial charge in [0.1, 0.15) is 5.52 Å². The third-order valence-corrected chi connectivity index (χ3v) is 3.39. The normalized spacial score (nSPS) is 22.2. The quantitative estimate of drug-likeness (QED) is 0.877. The summed E-state index contributed by atoms with van der Waals surface area (Å²) in [7, 11) is 1.70. The number of aromatic nitrogens is 1. The fourth-order valence-electron chi connectivity index (χ4n) is 2.17. The first-order chi connectivity index (χ1) is 9.15. The van der Waals surface area contributed by atoms with Crippen LogP contribution < -0.4 is 5.32 Å². The molecule has 0 unspecified atom stereocenters. The SMILES string of the molecule is COC1CC(Nc2nc3ccc(C(=O)O)cc3o2)C1. The van der Waals surface area contributed by atoms with Gasteiger partial charge in [-0.25, -0.2) is 4.79 Å². The number of nitrogens with one attached hydrogen (secondary N) is 1. The van der Waals surface area contributed by atoms with E-state index in [1.807, 2.05) is 0 Å². The number of rotatable bonds is 4. The van der Waals surface area contributed by atoms with E-state index in [4.69, 9.17) is 14.3 Å². The lowest BCUT2D eigenvalue weighted by molar-refractivity contribution is 0.0323. The average Bonchev–Trinajstić information content (AvgIpc) is 2.74. The number of carboxylic acid groups (broad SMARTS) is 1. The lowest BCUT2D eigenvalue weighted by Gasteiger charge is -2.33. The monoisotopic (exact) mass is 262 g/mol. The molecular formula is C13H14N2O4. The molecule has 1 fully saturated rings. The number of hydrogen-bond donors (Lipinski definition) is 2. The van der Waals surface area contributed by atoms with Gasteiger partial charge < -0.3 is 19.6 Å². The van der Waals surface area contributed by atoms with Crippen molar-refractivity contribution in [2.75, 3.05) is 12.4 Å². The second-order valence-electron chi connectivity index (χ2n) is 4.68. The van der Waals surface area contributed by atoms with Gasteiger partial charge in [-0.1, -0.05) is 0 Å². The smallest absolute Gasteiger partial charge is 0.335 e. The first kappa shape index (κ1) is 12.0. The van der Waals surface area contributed by atoms with Crippen LogP contribution in [0.3, 0.4) is 0 Å². The van der Waals surface area contributed by atoms with Crippen LogP contribution in [0.4, 0.5) is 6.01 Å². The number of carboxylic acids is 1. The summed E-state index contributed by atoms with van der Waals surface area (Å²) in [6.45, 7) is 0. The first-order valence-electron chi connectivity index (χ1n) is 6.09. The van der Waals surface area contributed by atoms with Crippen LogP contribution >= 0.6 is 0 Å². The third kappa shape index (κ3) is 2.26. The lowest BCUT2D eigenvalue weighted by Crippen LogP contribution is -2.40. The van der Waals surface area contributed by atoms with Gasteiger partial charge in [-0.15, -0.1) is 0 Å². The summed E-state index contributed by atoms with van der Waals surface area (Å²) in [5.74, 6) is -0.977. The molecule has 2 N–H and O–H groups in total. The molecule has 1 aromatic carbocycles. The highest BCUT2D eigenvalue weighted by Crippen LogP contribution is 2.27. The topological polar surface area (TPSA) is 84.6 Å². The summed E-state index contributed by atoms with van der Waals surface area (Å²) in [5.41, 5.74) is 1.32. The van der Waals surface area contributed by atoms with Crippen LogP contribution in [-0.2, 0) is 4.74 Å². The van der Waals surface area contributed by atoms with Crippen LogP contribution in [0.25, 0.3) is 11.1 Å². The van der Waals surface area contributed by atoms with Crippen molar-refractivity contribution in [2.45, 2.75) is 25.0 Å². The first-order valence-corrected chi connectivity index (χ1v) is 6.09. The Morgan fingerprint density at radius 2 is 2.32 bits per heavy atom. The standard InChI is InChI=1S/C13H14N2O4/c1-18-9-5-8(6-9)14-13-15-10-3-2-7(12(16)17)4-11(10)19-13/h2-4,8-9H,5-6H2,1H3,(H,14,15)(H,16,17). The van der Waals surface area contributed by atoms with Crippen LogP contribution in [-0.4, -0.2) is 35.3 Å². The van der Waals surface area contributed by atoms with Gasteiger partial charge in [0.05, 0.1) is 11.7 Å². The van der Waals surface area contributed by atoms with Gasteiger partial charge in [0.2, 0.25) is 0 Å². The molecule has 0 aliphatic heterocycles. The van der Waals surface area contributed by atoms with Gasteiger partial charge in [-0.05, 0) is 31.0 Å². The van der Waals surface area contributed by atoms with Gasteiger partial charge in [0.25, 0.3) is 6.01 Å². The largest absolute Gasteiger partial charge is 0.478 e. The van der Waals surface area contributed by atoms with Gasteiger partial charge in [-0.3, -0.25) is 0 Å². The van der Waals surface area contributed by atoms with Gasteiger partial charge >= 0.3 is 5.97 Å². The number of nitrogens with zero attached hydrogens (tertiary/aromatic N) is 1. The molecule has 0 atom stereocenters. The molecule has 1 heterocycles. The number of benzene rings is 1. The van der Waals surface area contributed by atoms with E-state index in [0.717, 1.165) is 12.8 Å². The predicted octanol–water partition coefficient (Wildman–Crippen LogP) is 2.12. The van der Waals surface area contributed by atoms with E-state index in [-0.39, 0.29) is 5.56 Å². The minimum absolute atomic E-state index is 0.193. The maximum absolute atomic E-state index is 10.9. The molecule has 3 rings (SSSR count). The Bertz CT molecular complexity index is 616. The van der Waals surface area contributed by atoms with E-state index in [2.05, 4.69) is 10.3 Å². The molecule has 1 saturated carbocycles. The zero-order chi connectivity index (χ0) is 13.4. The molecule has 6 heteroatoms. The molecule has 100 valence electrons. The lowest BCUT2D eigenvalue weighted by atomic mass is 9.89. The molecule has 1 aliphatic carbocycles. The molecule has 0 bridgehead atoms. The minimum Gasteiger partial charge on any atom is -0.478 e. The van der Waals surface area contributed by atoms with E-state index in [1.54, 1.807) is 13.2 Å². The van der Waals surface area contributed by atoms with Gasteiger partial charge in [0.15, 0.2) is 5.58 Å². The summed E-state index contributed by atoms with van der Waals surface area (Å²) >= 11 is 0. The average molecular weight is 262 g/mol.